The van der Waals surface area contributed by atoms with Crippen LogP contribution in [0.4, 0.5) is 5.69 Å². The number of benzene rings is 1. The van der Waals surface area contributed by atoms with Gasteiger partial charge in [0.25, 0.3) is 0 Å². The lowest BCUT2D eigenvalue weighted by Gasteiger charge is -2.40. The quantitative estimate of drug-likeness (QED) is 0.887. The SMILES string of the molecule is CCCc1cc(C(=O)O)ccc1N1CC(C)NC[C@H]1C. The van der Waals surface area contributed by atoms with Crippen LogP contribution in [0.1, 0.15) is 43.1 Å². The van der Waals surface area contributed by atoms with E-state index in [1.165, 1.54) is 5.69 Å². The van der Waals surface area contributed by atoms with Gasteiger partial charge in [-0.15, -0.1) is 0 Å². The molecule has 1 aliphatic rings. The second-order valence-electron chi connectivity index (χ2n) is 5.71. The molecule has 2 atom stereocenters. The topological polar surface area (TPSA) is 52.6 Å². The van der Waals surface area contributed by atoms with E-state index in [1.807, 2.05) is 12.1 Å². The molecular weight excluding hydrogens is 252 g/mol. The van der Waals surface area contributed by atoms with E-state index in [2.05, 4.69) is 31.0 Å². The van der Waals surface area contributed by atoms with Crippen molar-refractivity contribution >= 4 is 11.7 Å². The smallest absolute Gasteiger partial charge is 0.335 e. The van der Waals surface area contributed by atoms with Crippen molar-refractivity contribution in [3.05, 3.63) is 29.3 Å². The number of anilines is 1. The first-order chi connectivity index (χ1) is 9.52. The van der Waals surface area contributed by atoms with E-state index in [0.29, 0.717) is 17.6 Å². The van der Waals surface area contributed by atoms with Gasteiger partial charge in [-0.1, -0.05) is 13.3 Å². The minimum Gasteiger partial charge on any atom is -0.478 e. The van der Waals surface area contributed by atoms with Gasteiger partial charge in [0.2, 0.25) is 0 Å². The largest absolute Gasteiger partial charge is 0.478 e. The maximum absolute atomic E-state index is 11.1. The number of rotatable bonds is 4. The molecule has 0 spiro atoms. The number of carboxylic acids is 1. The van der Waals surface area contributed by atoms with Crippen LogP contribution < -0.4 is 10.2 Å². The Hall–Kier alpha value is -1.55. The lowest BCUT2D eigenvalue weighted by Crippen LogP contribution is -2.54. The number of carboxylic acid groups (broad SMARTS) is 1. The van der Waals surface area contributed by atoms with E-state index in [4.69, 9.17) is 5.11 Å². The van der Waals surface area contributed by atoms with Gasteiger partial charge in [-0.2, -0.15) is 0 Å². The molecule has 0 radical (unpaired) electrons. The van der Waals surface area contributed by atoms with Crippen molar-refractivity contribution in [1.29, 1.82) is 0 Å². The van der Waals surface area contributed by atoms with Gasteiger partial charge in [0.1, 0.15) is 0 Å². The molecule has 0 amide bonds. The summed E-state index contributed by atoms with van der Waals surface area (Å²) in [5.41, 5.74) is 2.72. The second kappa shape index (κ2) is 6.27. The number of nitrogens with one attached hydrogen (secondary N) is 1. The molecule has 1 heterocycles. The third-order valence-electron chi connectivity index (χ3n) is 3.92. The van der Waals surface area contributed by atoms with Crippen molar-refractivity contribution in [2.45, 2.75) is 45.7 Å². The number of nitrogens with zero attached hydrogens (tertiary/aromatic N) is 1. The molecule has 1 saturated heterocycles. The lowest BCUT2D eigenvalue weighted by atomic mass is 10.0. The van der Waals surface area contributed by atoms with Crippen molar-refractivity contribution in [2.24, 2.45) is 0 Å². The van der Waals surface area contributed by atoms with Crippen LogP contribution in [0.3, 0.4) is 0 Å². The van der Waals surface area contributed by atoms with Crippen LogP contribution in [-0.2, 0) is 6.42 Å². The maximum Gasteiger partial charge on any atom is 0.335 e. The number of aromatic carboxylic acids is 1. The zero-order chi connectivity index (χ0) is 14.7. The number of hydrogen-bond acceptors (Lipinski definition) is 3. The standard InChI is InChI=1S/C16H24N2O2/c1-4-5-13-8-14(16(19)20)6-7-15(13)18-10-11(2)17-9-12(18)3/h6-8,11-12,17H,4-5,9-10H2,1-3H3,(H,19,20)/t11?,12-/m1/s1. The number of piperazine rings is 1. The van der Waals surface area contributed by atoms with Crippen molar-refractivity contribution in [3.63, 3.8) is 0 Å². The van der Waals surface area contributed by atoms with Crippen molar-refractivity contribution < 1.29 is 9.90 Å². The molecule has 0 aliphatic carbocycles. The van der Waals surface area contributed by atoms with Gasteiger partial charge in [0.15, 0.2) is 0 Å². The fourth-order valence-corrected chi connectivity index (χ4v) is 2.83. The number of carbonyl (C=O) groups is 1. The zero-order valence-electron chi connectivity index (χ0n) is 12.5. The van der Waals surface area contributed by atoms with Crippen LogP contribution >= 0.6 is 0 Å². The first-order valence-corrected chi connectivity index (χ1v) is 7.39. The minimum atomic E-state index is -0.851. The lowest BCUT2D eigenvalue weighted by molar-refractivity contribution is 0.0697. The predicted octanol–water partition coefficient (Wildman–Crippen LogP) is 2.52. The van der Waals surface area contributed by atoms with Gasteiger partial charge in [-0.25, -0.2) is 4.79 Å². The Labute approximate surface area is 120 Å². The van der Waals surface area contributed by atoms with E-state index in [9.17, 15) is 4.79 Å². The van der Waals surface area contributed by atoms with Gasteiger partial charge >= 0.3 is 5.97 Å². The molecule has 2 rings (SSSR count). The summed E-state index contributed by atoms with van der Waals surface area (Å²) in [6.45, 7) is 8.45. The van der Waals surface area contributed by atoms with E-state index in [1.54, 1.807) is 6.07 Å². The van der Waals surface area contributed by atoms with E-state index in [0.717, 1.165) is 31.5 Å². The summed E-state index contributed by atoms with van der Waals surface area (Å²) in [5.74, 6) is -0.851. The Morgan fingerprint density at radius 1 is 1.45 bits per heavy atom. The molecule has 20 heavy (non-hydrogen) atoms. The zero-order valence-corrected chi connectivity index (χ0v) is 12.5. The summed E-state index contributed by atoms with van der Waals surface area (Å²) in [6.07, 6.45) is 1.94. The molecule has 1 aliphatic heterocycles. The maximum atomic E-state index is 11.1. The van der Waals surface area contributed by atoms with Crippen LogP contribution in [-0.4, -0.2) is 36.2 Å². The average Bonchev–Trinajstić information content (AvgIpc) is 2.42. The number of hydrogen-bond donors (Lipinski definition) is 2. The predicted molar refractivity (Wildman–Crippen MR) is 81.7 cm³/mol. The fraction of sp³-hybridized carbons (Fsp3) is 0.562. The van der Waals surface area contributed by atoms with Gasteiger partial charge in [-0.05, 0) is 44.0 Å². The highest BCUT2D eigenvalue weighted by molar-refractivity contribution is 5.88. The highest BCUT2D eigenvalue weighted by atomic mass is 16.4. The van der Waals surface area contributed by atoms with Crippen molar-refractivity contribution in [2.75, 3.05) is 18.0 Å². The first-order valence-electron chi connectivity index (χ1n) is 7.39. The molecule has 0 saturated carbocycles. The van der Waals surface area contributed by atoms with Crippen LogP contribution in [0.15, 0.2) is 18.2 Å². The third kappa shape index (κ3) is 3.12. The summed E-state index contributed by atoms with van der Waals surface area (Å²) < 4.78 is 0. The van der Waals surface area contributed by atoms with Crippen LogP contribution in [0.5, 0.6) is 0 Å². The Bertz CT molecular complexity index is 487. The summed E-state index contributed by atoms with van der Waals surface area (Å²) in [4.78, 5) is 13.5. The third-order valence-corrected chi connectivity index (χ3v) is 3.92. The summed E-state index contributed by atoms with van der Waals surface area (Å²) in [6, 6.07) is 6.41. The molecule has 0 aromatic heterocycles. The molecule has 2 N–H and O–H groups in total. The second-order valence-corrected chi connectivity index (χ2v) is 5.71. The summed E-state index contributed by atoms with van der Waals surface area (Å²) in [5, 5.41) is 12.6. The molecule has 1 unspecified atom stereocenters. The van der Waals surface area contributed by atoms with Gasteiger partial charge < -0.3 is 15.3 Å². The highest BCUT2D eigenvalue weighted by Crippen LogP contribution is 2.27. The van der Waals surface area contributed by atoms with Crippen molar-refractivity contribution in [3.8, 4) is 0 Å². The van der Waals surface area contributed by atoms with Gasteiger partial charge in [0.05, 0.1) is 5.56 Å². The van der Waals surface area contributed by atoms with E-state index >= 15 is 0 Å². The summed E-state index contributed by atoms with van der Waals surface area (Å²) in [7, 11) is 0. The number of aryl methyl sites for hydroxylation is 1. The first kappa shape index (κ1) is 14.9. The fourth-order valence-electron chi connectivity index (χ4n) is 2.83. The average molecular weight is 276 g/mol. The molecule has 1 fully saturated rings. The molecular formula is C16H24N2O2. The molecule has 1 aromatic rings. The van der Waals surface area contributed by atoms with Crippen LogP contribution in [0.25, 0.3) is 0 Å². The monoisotopic (exact) mass is 276 g/mol. The minimum absolute atomic E-state index is 0.382. The molecule has 0 bridgehead atoms. The molecule has 110 valence electrons. The Balaban J connectivity index is 2.36. The highest BCUT2D eigenvalue weighted by Gasteiger charge is 2.24. The van der Waals surface area contributed by atoms with Crippen LogP contribution in [0.2, 0.25) is 0 Å². The van der Waals surface area contributed by atoms with Gasteiger partial charge in [-0.3, -0.25) is 0 Å². The van der Waals surface area contributed by atoms with E-state index < -0.39 is 5.97 Å². The van der Waals surface area contributed by atoms with Gasteiger partial charge in [0, 0.05) is 30.9 Å². The molecule has 1 aromatic carbocycles. The molecule has 4 nitrogen and oxygen atoms in total. The Kier molecular flexibility index (Phi) is 4.65. The normalized spacial score (nSPS) is 22.9. The van der Waals surface area contributed by atoms with E-state index in [-0.39, 0.29) is 0 Å². The molecule has 4 heteroatoms. The van der Waals surface area contributed by atoms with Crippen LogP contribution in [0, 0.1) is 0 Å². The Morgan fingerprint density at radius 3 is 2.85 bits per heavy atom. The Morgan fingerprint density at radius 2 is 2.20 bits per heavy atom. The van der Waals surface area contributed by atoms with Crippen molar-refractivity contribution in [1.82, 2.24) is 5.32 Å². The summed E-state index contributed by atoms with van der Waals surface area (Å²) >= 11 is 0.